The van der Waals surface area contributed by atoms with Gasteiger partial charge in [-0.05, 0) is 18.6 Å². The van der Waals surface area contributed by atoms with E-state index in [9.17, 15) is 0 Å². The number of aliphatic imine (C=N–C) groups is 1. The summed E-state index contributed by atoms with van der Waals surface area (Å²) >= 11 is 3.41. The predicted molar refractivity (Wildman–Crippen MR) is 107 cm³/mol. The Kier molecular flexibility index (Phi) is 7.36. The molecule has 1 aromatic carbocycles. The first-order valence-electron chi connectivity index (χ1n) is 8.22. The minimum Gasteiger partial charge on any atom is -0.496 e. The molecule has 0 radical (unpaired) electrons. The van der Waals surface area contributed by atoms with Crippen molar-refractivity contribution in [3.05, 3.63) is 39.8 Å². The van der Waals surface area contributed by atoms with E-state index in [1.807, 2.05) is 24.3 Å². The minimum atomic E-state index is 0.0564. The number of nitrogens with one attached hydrogen (secondary N) is 1. The Morgan fingerprint density at radius 2 is 2.23 bits per heavy atom. The van der Waals surface area contributed by atoms with E-state index in [1.54, 1.807) is 13.3 Å². The molecule has 0 aliphatic heterocycles. The largest absolute Gasteiger partial charge is 0.496 e. The molecule has 0 aliphatic rings. The van der Waals surface area contributed by atoms with Crippen molar-refractivity contribution in [2.75, 3.05) is 24.7 Å². The van der Waals surface area contributed by atoms with Crippen LogP contribution >= 0.6 is 15.9 Å². The molecular formula is C18H21BrN6O. The number of ether oxygens (including phenoxy) is 1. The molecule has 2 aromatic rings. The highest BCUT2D eigenvalue weighted by Crippen LogP contribution is 2.24. The average molecular weight is 417 g/mol. The monoisotopic (exact) mass is 416 g/mol. The molecule has 0 amide bonds. The van der Waals surface area contributed by atoms with Crippen LogP contribution in [0.5, 0.6) is 5.75 Å². The number of unbranched alkanes of at least 4 members (excludes halogenated alkanes) is 1. The SMILES string of the molecule is CCCCNc1nc(C#N)nc(C=NCc2ccc(Br)cc2OC)c1N. The summed E-state index contributed by atoms with van der Waals surface area (Å²) in [6, 6.07) is 7.69. The summed E-state index contributed by atoms with van der Waals surface area (Å²) in [6.45, 7) is 3.23. The fourth-order valence-corrected chi connectivity index (χ4v) is 2.57. The third kappa shape index (κ3) is 5.17. The van der Waals surface area contributed by atoms with Crippen molar-refractivity contribution in [3.63, 3.8) is 0 Å². The van der Waals surface area contributed by atoms with Gasteiger partial charge in [0.2, 0.25) is 5.82 Å². The number of aromatic nitrogens is 2. The van der Waals surface area contributed by atoms with Crippen LogP contribution in [0.1, 0.15) is 36.8 Å². The van der Waals surface area contributed by atoms with Crippen molar-refractivity contribution in [2.45, 2.75) is 26.3 Å². The van der Waals surface area contributed by atoms with E-state index in [0.29, 0.717) is 23.7 Å². The van der Waals surface area contributed by atoms with Gasteiger partial charge in [-0.3, -0.25) is 4.99 Å². The number of anilines is 2. The molecule has 26 heavy (non-hydrogen) atoms. The van der Waals surface area contributed by atoms with E-state index in [1.165, 1.54) is 0 Å². The normalized spacial score (nSPS) is 10.7. The summed E-state index contributed by atoms with van der Waals surface area (Å²) in [4.78, 5) is 12.7. The first-order chi connectivity index (χ1) is 12.6. The molecule has 8 heteroatoms. The molecule has 0 spiro atoms. The fraction of sp³-hybridized carbons (Fsp3) is 0.333. The zero-order valence-corrected chi connectivity index (χ0v) is 16.4. The van der Waals surface area contributed by atoms with Crippen LogP contribution in [0.2, 0.25) is 0 Å². The topological polar surface area (TPSA) is 109 Å². The molecule has 3 N–H and O–H groups in total. The zero-order valence-electron chi connectivity index (χ0n) is 14.8. The van der Waals surface area contributed by atoms with Crippen molar-refractivity contribution < 1.29 is 4.74 Å². The van der Waals surface area contributed by atoms with Gasteiger partial charge < -0.3 is 15.8 Å². The van der Waals surface area contributed by atoms with Crippen LogP contribution in [0.25, 0.3) is 0 Å². The van der Waals surface area contributed by atoms with E-state index in [0.717, 1.165) is 35.2 Å². The standard InChI is InChI=1S/C18H21BrN6O/c1-3-4-7-23-18-17(21)14(24-16(9-20)25-18)11-22-10-12-5-6-13(19)8-15(12)26-2/h5-6,8,11H,3-4,7,10,21H2,1-2H3,(H,23,24,25). The van der Waals surface area contributed by atoms with Gasteiger partial charge in [-0.2, -0.15) is 10.2 Å². The Bertz CT molecular complexity index is 831. The summed E-state index contributed by atoms with van der Waals surface area (Å²) in [5, 5.41) is 12.3. The first-order valence-corrected chi connectivity index (χ1v) is 9.02. The number of nitrogens with two attached hydrogens (primary N) is 1. The second-order valence-electron chi connectivity index (χ2n) is 5.51. The number of rotatable bonds is 8. The van der Waals surface area contributed by atoms with Gasteiger partial charge in [-0.25, -0.2) is 4.98 Å². The Balaban J connectivity index is 2.21. The van der Waals surface area contributed by atoms with Crippen LogP contribution in [0.4, 0.5) is 11.5 Å². The van der Waals surface area contributed by atoms with Crippen molar-refractivity contribution >= 4 is 33.6 Å². The van der Waals surface area contributed by atoms with Gasteiger partial charge >= 0.3 is 0 Å². The third-order valence-electron chi connectivity index (χ3n) is 3.62. The molecule has 0 aliphatic carbocycles. The number of nitrogen functional groups attached to an aromatic ring is 1. The second kappa shape index (κ2) is 9.73. The van der Waals surface area contributed by atoms with E-state index in [2.05, 4.69) is 43.1 Å². The average Bonchev–Trinajstić information content (AvgIpc) is 2.65. The van der Waals surface area contributed by atoms with Crippen LogP contribution in [-0.2, 0) is 6.54 Å². The maximum atomic E-state index is 9.14. The third-order valence-corrected chi connectivity index (χ3v) is 4.12. The van der Waals surface area contributed by atoms with E-state index in [4.69, 9.17) is 15.7 Å². The van der Waals surface area contributed by atoms with E-state index < -0.39 is 0 Å². The smallest absolute Gasteiger partial charge is 0.234 e. The molecule has 7 nitrogen and oxygen atoms in total. The van der Waals surface area contributed by atoms with Gasteiger partial charge in [0.25, 0.3) is 0 Å². The van der Waals surface area contributed by atoms with E-state index >= 15 is 0 Å². The highest BCUT2D eigenvalue weighted by Gasteiger charge is 2.10. The summed E-state index contributed by atoms with van der Waals surface area (Å²) < 4.78 is 6.29. The van der Waals surface area contributed by atoms with Crippen LogP contribution in [-0.4, -0.2) is 29.8 Å². The number of benzene rings is 1. The molecule has 0 saturated heterocycles. The summed E-state index contributed by atoms with van der Waals surface area (Å²) in [7, 11) is 1.62. The van der Waals surface area contributed by atoms with E-state index in [-0.39, 0.29) is 5.82 Å². The van der Waals surface area contributed by atoms with Gasteiger partial charge in [0, 0.05) is 22.8 Å². The highest BCUT2D eigenvalue weighted by molar-refractivity contribution is 9.10. The molecule has 2 rings (SSSR count). The van der Waals surface area contributed by atoms with Crippen LogP contribution in [0, 0.1) is 11.3 Å². The lowest BCUT2D eigenvalue weighted by Gasteiger charge is -2.10. The first kappa shape index (κ1) is 19.7. The zero-order chi connectivity index (χ0) is 18.9. The number of hydrogen-bond acceptors (Lipinski definition) is 7. The molecule has 0 saturated carbocycles. The number of halogens is 1. The number of nitrogens with zero attached hydrogens (tertiary/aromatic N) is 4. The lowest BCUT2D eigenvalue weighted by molar-refractivity contribution is 0.409. The van der Waals surface area contributed by atoms with Gasteiger partial charge in [0.1, 0.15) is 23.2 Å². The fourth-order valence-electron chi connectivity index (χ4n) is 2.23. The Morgan fingerprint density at radius 3 is 2.92 bits per heavy atom. The molecule has 1 aromatic heterocycles. The highest BCUT2D eigenvalue weighted by atomic mass is 79.9. The molecule has 1 heterocycles. The maximum Gasteiger partial charge on any atom is 0.234 e. The molecule has 0 fully saturated rings. The van der Waals surface area contributed by atoms with Crippen molar-refractivity contribution in [2.24, 2.45) is 4.99 Å². The van der Waals surface area contributed by atoms with Crippen LogP contribution in [0.15, 0.2) is 27.7 Å². The Morgan fingerprint density at radius 1 is 1.42 bits per heavy atom. The molecule has 0 unspecified atom stereocenters. The van der Waals surface area contributed by atoms with Crippen molar-refractivity contribution in [1.82, 2.24) is 9.97 Å². The molecule has 0 bridgehead atoms. The molecule has 0 atom stereocenters. The predicted octanol–water partition coefficient (Wildman–Crippen LogP) is 3.53. The number of methoxy groups -OCH3 is 1. The van der Waals surface area contributed by atoms with Gasteiger partial charge in [0.15, 0.2) is 5.82 Å². The van der Waals surface area contributed by atoms with Gasteiger partial charge in [0.05, 0.1) is 13.7 Å². The van der Waals surface area contributed by atoms with Crippen LogP contribution in [0.3, 0.4) is 0 Å². The molecular weight excluding hydrogens is 396 g/mol. The number of hydrogen-bond donors (Lipinski definition) is 2. The van der Waals surface area contributed by atoms with Crippen molar-refractivity contribution in [1.29, 1.82) is 5.26 Å². The van der Waals surface area contributed by atoms with Crippen molar-refractivity contribution in [3.8, 4) is 11.8 Å². The lowest BCUT2D eigenvalue weighted by Crippen LogP contribution is -2.11. The minimum absolute atomic E-state index is 0.0564. The summed E-state index contributed by atoms with van der Waals surface area (Å²) in [5.41, 5.74) is 7.86. The van der Waals surface area contributed by atoms with Crippen LogP contribution < -0.4 is 15.8 Å². The lowest BCUT2D eigenvalue weighted by atomic mass is 10.2. The number of nitriles is 1. The molecule has 136 valence electrons. The van der Waals surface area contributed by atoms with Gasteiger partial charge in [-0.1, -0.05) is 35.3 Å². The Hall–Kier alpha value is -2.66. The maximum absolute atomic E-state index is 9.14. The quantitative estimate of drug-likeness (QED) is 0.502. The second-order valence-corrected chi connectivity index (χ2v) is 6.43. The summed E-state index contributed by atoms with van der Waals surface area (Å²) in [5.74, 6) is 1.26. The van der Waals surface area contributed by atoms with Gasteiger partial charge in [-0.15, -0.1) is 0 Å². The Labute approximate surface area is 161 Å². The summed E-state index contributed by atoms with van der Waals surface area (Å²) in [6.07, 6.45) is 3.59.